The third kappa shape index (κ3) is 2.41. The van der Waals surface area contributed by atoms with E-state index in [0.29, 0.717) is 27.3 Å². The largest absolute Gasteiger partial charge is 0.478 e. The maximum Gasteiger partial charge on any atom is 0.335 e. The van der Waals surface area contributed by atoms with Crippen LogP contribution in [0.25, 0.3) is 22.4 Å². The highest BCUT2D eigenvalue weighted by atomic mass is 79.9. The first-order valence-electron chi connectivity index (χ1n) is 7.65. The number of benzene rings is 2. The number of fused-ring (bicyclic) bond motifs is 1. The van der Waals surface area contributed by atoms with Gasteiger partial charge in [-0.2, -0.15) is 0 Å². The molecule has 0 aliphatic heterocycles. The molecular weight excluding hydrogens is 375 g/mol. The molecule has 24 heavy (non-hydrogen) atoms. The number of aryl methyl sites for hydroxylation is 1. The van der Waals surface area contributed by atoms with Gasteiger partial charge in [-0.1, -0.05) is 15.9 Å². The highest BCUT2D eigenvalue weighted by molar-refractivity contribution is 9.10. The number of rotatable bonds is 3. The molecule has 0 radical (unpaired) electrons. The first-order valence-corrected chi connectivity index (χ1v) is 8.44. The Morgan fingerprint density at radius 1 is 1.33 bits per heavy atom. The van der Waals surface area contributed by atoms with Crippen LogP contribution in [-0.2, 0) is 7.05 Å². The lowest BCUT2D eigenvalue weighted by molar-refractivity contribution is 0.0697. The Morgan fingerprint density at radius 3 is 2.71 bits per heavy atom. The van der Waals surface area contributed by atoms with Crippen LogP contribution >= 0.6 is 15.9 Å². The van der Waals surface area contributed by atoms with Crippen molar-refractivity contribution in [2.45, 2.75) is 18.8 Å². The topological polar surface area (TPSA) is 55.1 Å². The molecule has 122 valence electrons. The second kappa shape index (κ2) is 5.41. The number of halogens is 2. The molecular formula is C18H14BrFN2O2. The maximum absolute atomic E-state index is 14.3. The number of carboxylic acid groups (broad SMARTS) is 1. The molecule has 0 unspecified atom stereocenters. The Hall–Kier alpha value is -2.21. The van der Waals surface area contributed by atoms with Gasteiger partial charge in [-0.25, -0.2) is 14.2 Å². The Balaban J connectivity index is 2.00. The number of carboxylic acids is 1. The molecule has 4 rings (SSSR count). The van der Waals surface area contributed by atoms with Crippen molar-refractivity contribution in [1.82, 2.24) is 9.55 Å². The summed E-state index contributed by atoms with van der Waals surface area (Å²) >= 11 is 3.25. The van der Waals surface area contributed by atoms with Gasteiger partial charge in [0.2, 0.25) is 0 Å². The lowest BCUT2D eigenvalue weighted by Gasteiger charge is -2.05. The Morgan fingerprint density at radius 2 is 2.08 bits per heavy atom. The molecule has 4 nitrogen and oxygen atoms in total. The summed E-state index contributed by atoms with van der Waals surface area (Å²) in [6.45, 7) is 0. The summed E-state index contributed by atoms with van der Waals surface area (Å²) in [4.78, 5) is 16.1. The first kappa shape index (κ1) is 15.3. The van der Waals surface area contributed by atoms with E-state index in [9.17, 15) is 14.3 Å². The summed E-state index contributed by atoms with van der Waals surface area (Å²) in [7, 11) is 1.79. The van der Waals surface area contributed by atoms with E-state index in [2.05, 4.69) is 20.9 Å². The summed E-state index contributed by atoms with van der Waals surface area (Å²) in [6.07, 6.45) is 2.08. The van der Waals surface area contributed by atoms with Crippen LogP contribution in [-0.4, -0.2) is 20.6 Å². The fraction of sp³-hybridized carbons (Fsp3) is 0.222. The highest BCUT2D eigenvalue weighted by Gasteiger charge is 2.29. The van der Waals surface area contributed by atoms with E-state index < -0.39 is 5.97 Å². The lowest BCUT2D eigenvalue weighted by atomic mass is 10.0. The van der Waals surface area contributed by atoms with Crippen LogP contribution in [0.3, 0.4) is 0 Å². The van der Waals surface area contributed by atoms with Crippen LogP contribution in [0.15, 0.2) is 34.8 Å². The molecule has 1 fully saturated rings. The van der Waals surface area contributed by atoms with Crippen LogP contribution in [0, 0.1) is 5.82 Å². The average Bonchev–Trinajstić information content (AvgIpc) is 3.32. The SMILES string of the molecule is Cn1c(-c2ccc(Br)cc2F)nc2c(C3CC3)cc(C(=O)O)cc21. The van der Waals surface area contributed by atoms with Crippen LogP contribution in [0.2, 0.25) is 0 Å². The fourth-order valence-corrected chi connectivity index (χ4v) is 3.39. The standard InChI is InChI=1S/C18H14BrFN2O2/c1-22-15-7-10(18(23)24)6-13(9-2-3-9)16(15)21-17(22)12-5-4-11(19)8-14(12)20/h4-9H,2-3H2,1H3,(H,23,24). The van der Waals surface area contributed by atoms with Gasteiger partial charge in [0.15, 0.2) is 0 Å². The summed E-state index contributed by atoms with van der Waals surface area (Å²) < 4.78 is 16.8. The van der Waals surface area contributed by atoms with Crippen molar-refractivity contribution in [1.29, 1.82) is 0 Å². The number of nitrogens with zero attached hydrogens (tertiary/aromatic N) is 2. The maximum atomic E-state index is 14.3. The average molecular weight is 389 g/mol. The zero-order chi connectivity index (χ0) is 17.0. The number of hydrogen-bond acceptors (Lipinski definition) is 2. The monoisotopic (exact) mass is 388 g/mol. The summed E-state index contributed by atoms with van der Waals surface area (Å²) in [5, 5.41) is 9.37. The third-order valence-corrected chi connectivity index (χ3v) is 4.95. The van der Waals surface area contributed by atoms with Gasteiger partial charge in [0, 0.05) is 11.5 Å². The summed E-state index contributed by atoms with van der Waals surface area (Å²) in [6, 6.07) is 8.16. The van der Waals surface area contributed by atoms with Gasteiger partial charge in [-0.3, -0.25) is 0 Å². The highest BCUT2D eigenvalue weighted by Crippen LogP contribution is 2.44. The second-order valence-corrected chi connectivity index (χ2v) is 7.05. The number of aromatic nitrogens is 2. The zero-order valence-electron chi connectivity index (χ0n) is 12.9. The summed E-state index contributed by atoms with van der Waals surface area (Å²) in [5.41, 5.74) is 3.08. The molecule has 6 heteroatoms. The predicted molar refractivity (Wildman–Crippen MR) is 92.7 cm³/mol. The van der Waals surface area contributed by atoms with E-state index >= 15 is 0 Å². The molecule has 0 bridgehead atoms. The molecule has 0 atom stereocenters. The molecule has 1 heterocycles. The van der Waals surface area contributed by atoms with Crippen molar-refractivity contribution in [3.63, 3.8) is 0 Å². The smallest absolute Gasteiger partial charge is 0.335 e. The van der Waals surface area contributed by atoms with E-state index in [1.165, 1.54) is 6.07 Å². The van der Waals surface area contributed by atoms with Gasteiger partial charge >= 0.3 is 5.97 Å². The van der Waals surface area contributed by atoms with Crippen molar-refractivity contribution in [2.24, 2.45) is 7.05 Å². The van der Waals surface area contributed by atoms with E-state index in [1.54, 1.807) is 35.9 Å². The molecule has 0 saturated heterocycles. The number of hydrogen-bond donors (Lipinski definition) is 1. The Bertz CT molecular complexity index is 992. The van der Waals surface area contributed by atoms with Gasteiger partial charge in [0.1, 0.15) is 11.6 Å². The first-order chi connectivity index (χ1) is 11.5. The Kier molecular flexibility index (Phi) is 3.46. The van der Waals surface area contributed by atoms with Crippen molar-refractivity contribution in [3.05, 3.63) is 51.7 Å². The van der Waals surface area contributed by atoms with E-state index in [4.69, 9.17) is 0 Å². The van der Waals surface area contributed by atoms with Crippen LogP contribution < -0.4 is 0 Å². The molecule has 3 aromatic rings. The number of imidazole rings is 1. The molecule has 0 amide bonds. The van der Waals surface area contributed by atoms with Crippen molar-refractivity contribution in [3.8, 4) is 11.4 Å². The quantitative estimate of drug-likeness (QED) is 0.706. The normalized spacial score (nSPS) is 14.3. The van der Waals surface area contributed by atoms with Gasteiger partial charge in [-0.15, -0.1) is 0 Å². The minimum absolute atomic E-state index is 0.246. The number of carbonyl (C=O) groups is 1. The summed E-state index contributed by atoms with van der Waals surface area (Å²) in [5.74, 6) is -0.477. The van der Waals surface area contributed by atoms with Crippen LogP contribution in [0.1, 0.15) is 34.7 Å². The number of aromatic carboxylic acids is 1. The minimum Gasteiger partial charge on any atom is -0.478 e. The molecule has 1 N–H and O–H groups in total. The third-order valence-electron chi connectivity index (χ3n) is 4.45. The molecule has 1 saturated carbocycles. The van der Waals surface area contributed by atoms with Crippen molar-refractivity contribution in [2.75, 3.05) is 0 Å². The predicted octanol–water partition coefficient (Wildman–Crippen LogP) is 4.72. The molecule has 0 spiro atoms. The van der Waals surface area contributed by atoms with E-state index in [-0.39, 0.29) is 11.4 Å². The fourth-order valence-electron chi connectivity index (χ4n) is 3.05. The van der Waals surface area contributed by atoms with Gasteiger partial charge in [0.25, 0.3) is 0 Å². The zero-order valence-corrected chi connectivity index (χ0v) is 14.5. The van der Waals surface area contributed by atoms with Crippen molar-refractivity contribution >= 4 is 32.9 Å². The lowest BCUT2D eigenvalue weighted by Crippen LogP contribution is -1.99. The Labute approximate surface area is 146 Å². The molecule has 1 aliphatic rings. The molecule has 1 aliphatic carbocycles. The van der Waals surface area contributed by atoms with Gasteiger partial charge in [0.05, 0.1) is 22.2 Å². The van der Waals surface area contributed by atoms with Crippen LogP contribution in [0.5, 0.6) is 0 Å². The van der Waals surface area contributed by atoms with Crippen molar-refractivity contribution < 1.29 is 14.3 Å². The second-order valence-electron chi connectivity index (χ2n) is 6.13. The van der Waals surface area contributed by atoms with Crippen LogP contribution in [0.4, 0.5) is 4.39 Å². The minimum atomic E-state index is -0.962. The van der Waals surface area contributed by atoms with E-state index in [1.807, 2.05) is 0 Å². The van der Waals surface area contributed by atoms with Gasteiger partial charge in [-0.05, 0) is 54.7 Å². The molecule has 1 aromatic heterocycles. The van der Waals surface area contributed by atoms with Gasteiger partial charge < -0.3 is 9.67 Å². The molecule has 2 aromatic carbocycles. The van der Waals surface area contributed by atoms with E-state index in [0.717, 1.165) is 23.9 Å².